The van der Waals surface area contributed by atoms with Gasteiger partial charge in [-0.1, -0.05) is 184 Å². The highest BCUT2D eigenvalue weighted by molar-refractivity contribution is 6.11. The Labute approximate surface area is 384 Å². The van der Waals surface area contributed by atoms with Gasteiger partial charge in [0.25, 0.3) is 0 Å². The Bertz CT molecular complexity index is 3860. The van der Waals surface area contributed by atoms with Crippen LogP contribution in [-0.4, -0.2) is 9.13 Å². The van der Waals surface area contributed by atoms with Crippen molar-refractivity contribution in [3.63, 3.8) is 0 Å². The molecule has 0 aliphatic heterocycles. The van der Waals surface area contributed by atoms with Crippen molar-refractivity contribution in [1.82, 2.24) is 9.13 Å². The number of fused-ring (bicyclic) bond motifs is 12. The van der Waals surface area contributed by atoms with Gasteiger partial charge in [-0.05, 0) is 127 Å². The molecule has 0 saturated carbocycles. The number of aromatic nitrogens is 2. The maximum absolute atomic E-state index is 2.48. The third-order valence-electron chi connectivity index (χ3n) is 15.2. The molecule has 2 heteroatoms. The van der Waals surface area contributed by atoms with Crippen LogP contribution in [0.5, 0.6) is 0 Å². The molecule has 2 nitrogen and oxygen atoms in total. The van der Waals surface area contributed by atoms with Crippen LogP contribution in [0, 0.1) is 0 Å². The van der Waals surface area contributed by atoms with Crippen LogP contribution < -0.4 is 0 Å². The molecule has 0 saturated heterocycles. The fourth-order valence-corrected chi connectivity index (χ4v) is 12.2. The summed E-state index contributed by atoms with van der Waals surface area (Å²) in [6.07, 6.45) is 0. The van der Waals surface area contributed by atoms with Crippen LogP contribution in [0.25, 0.3) is 88.4 Å². The average Bonchev–Trinajstić information content (AvgIpc) is 4.06. The lowest BCUT2D eigenvalue weighted by Crippen LogP contribution is -2.28. The van der Waals surface area contributed by atoms with Gasteiger partial charge in [-0.15, -0.1) is 0 Å². The van der Waals surface area contributed by atoms with Crippen LogP contribution in [0.3, 0.4) is 0 Å². The van der Waals surface area contributed by atoms with Gasteiger partial charge in [-0.2, -0.15) is 0 Å². The van der Waals surface area contributed by atoms with Crippen molar-refractivity contribution in [2.24, 2.45) is 0 Å². The summed E-state index contributed by atoms with van der Waals surface area (Å²) in [7, 11) is 0. The van der Waals surface area contributed by atoms with E-state index in [0.29, 0.717) is 0 Å². The van der Waals surface area contributed by atoms with Crippen LogP contribution in [0.2, 0.25) is 0 Å². The normalized spacial score (nSPS) is 14.2. The molecule has 0 unspecified atom stereocenters. The van der Waals surface area contributed by atoms with Gasteiger partial charge < -0.3 is 9.13 Å². The minimum atomic E-state index is -0.468. The average molecular weight is 841 g/mol. The molecule has 66 heavy (non-hydrogen) atoms. The molecular formula is C64H44N2. The lowest BCUT2D eigenvalue weighted by atomic mass is 9.67. The second kappa shape index (κ2) is 13.7. The lowest BCUT2D eigenvalue weighted by molar-refractivity contribution is 0.660. The first-order chi connectivity index (χ1) is 32.5. The van der Waals surface area contributed by atoms with Gasteiger partial charge in [0.1, 0.15) is 0 Å². The van der Waals surface area contributed by atoms with E-state index in [9.17, 15) is 0 Å². The zero-order chi connectivity index (χ0) is 43.7. The highest BCUT2D eigenvalue weighted by Gasteiger charge is 2.46. The highest BCUT2D eigenvalue weighted by atomic mass is 15.0. The van der Waals surface area contributed by atoms with Crippen LogP contribution in [0.4, 0.5) is 0 Å². The third-order valence-corrected chi connectivity index (χ3v) is 15.2. The Hall–Kier alpha value is -8.20. The predicted molar refractivity (Wildman–Crippen MR) is 275 cm³/mol. The minimum Gasteiger partial charge on any atom is -0.309 e. The molecular weight excluding hydrogens is 797 g/mol. The second-order valence-electron chi connectivity index (χ2n) is 18.8. The van der Waals surface area contributed by atoms with Crippen LogP contribution in [-0.2, 0) is 10.8 Å². The van der Waals surface area contributed by atoms with E-state index >= 15 is 0 Å². The van der Waals surface area contributed by atoms with Gasteiger partial charge in [-0.25, -0.2) is 0 Å². The summed E-state index contributed by atoms with van der Waals surface area (Å²) in [4.78, 5) is 0. The Kier molecular flexibility index (Phi) is 7.70. The predicted octanol–water partition coefficient (Wildman–Crippen LogP) is 16.2. The number of hydrogen-bond acceptors (Lipinski definition) is 0. The Morgan fingerprint density at radius 3 is 1.30 bits per heavy atom. The largest absolute Gasteiger partial charge is 0.309 e. The molecule has 10 aromatic carbocycles. The summed E-state index contributed by atoms with van der Waals surface area (Å²) < 4.78 is 4.92. The van der Waals surface area contributed by atoms with Gasteiger partial charge >= 0.3 is 0 Å². The van der Waals surface area contributed by atoms with Gasteiger partial charge in [0, 0.05) is 38.3 Å². The molecule has 12 aromatic rings. The van der Waals surface area contributed by atoms with Crippen molar-refractivity contribution in [3.05, 3.63) is 264 Å². The minimum absolute atomic E-state index is 0.183. The van der Waals surface area contributed by atoms with Crippen LogP contribution in [0.15, 0.2) is 231 Å². The number of hydrogen-bond donors (Lipinski definition) is 0. The number of rotatable bonds is 5. The molecule has 0 fully saturated rings. The maximum Gasteiger partial charge on any atom is 0.0714 e. The number of para-hydroxylation sites is 3. The summed E-state index contributed by atoms with van der Waals surface area (Å²) in [6.45, 7) is 4.79. The summed E-state index contributed by atoms with van der Waals surface area (Å²) in [5.41, 5.74) is 22.2. The monoisotopic (exact) mass is 840 g/mol. The highest BCUT2D eigenvalue weighted by Crippen LogP contribution is 2.57. The van der Waals surface area contributed by atoms with Gasteiger partial charge in [0.05, 0.1) is 27.5 Å². The van der Waals surface area contributed by atoms with Crippen molar-refractivity contribution in [1.29, 1.82) is 0 Å². The zero-order valence-corrected chi connectivity index (χ0v) is 36.8. The van der Waals surface area contributed by atoms with E-state index in [4.69, 9.17) is 0 Å². The first-order valence-electron chi connectivity index (χ1n) is 23.2. The molecule has 2 aliphatic rings. The van der Waals surface area contributed by atoms with Gasteiger partial charge in [-0.3, -0.25) is 0 Å². The van der Waals surface area contributed by atoms with Crippen molar-refractivity contribution >= 4 is 43.6 Å². The molecule has 2 aliphatic carbocycles. The Balaban J connectivity index is 0.897. The summed E-state index contributed by atoms with van der Waals surface area (Å²) in [6, 6.07) is 86.2. The third kappa shape index (κ3) is 4.96. The van der Waals surface area contributed by atoms with Crippen LogP contribution in [0.1, 0.15) is 47.2 Å². The van der Waals surface area contributed by atoms with E-state index in [1.807, 2.05) is 0 Å². The Morgan fingerprint density at radius 1 is 0.288 bits per heavy atom. The van der Waals surface area contributed by atoms with Crippen molar-refractivity contribution in [2.75, 3.05) is 0 Å². The van der Waals surface area contributed by atoms with E-state index < -0.39 is 5.41 Å². The molecule has 14 rings (SSSR count). The summed E-state index contributed by atoms with van der Waals surface area (Å²) >= 11 is 0. The zero-order valence-electron chi connectivity index (χ0n) is 36.8. The smallest absolute Gasteiger partial charge is 0.0714 e. The SMILES string of the molecule is CC1(C)c2cc(-c3ccc4c(c3)c3ccccc3n4-c3ccc4c(c3)C(c3ccccc3)(c3ccccc3)c3ccccc3-4)ccc2-c2ccc(-n3c4ccccc4c4ccccc43)cc21. The van der Waals surface area contributed by atoms with Crippen molar-refractivity contribution in [3.8, 4) is 44.8 Å². The second-order valence-corrected chi connectivity index (χ2v) is 18.8. The standard InChI is InChI=1S/C64H44N2/c1-63(2)56-38-42(29-33-48(56)49-34-31-45(39-57(49)63)65-59-26-14-10-22-51(59)52-23-11-15-27-60(52)65)41-30-36-62-54(37-41)53-24-12-16-28-61(53)66(62)46-32-35-50-47-21-9-13-25-55(47)64(58(50)40-46,43-17-5-3-6-18-43)44-19-7-4-8-20-44/h3-40H,1-2H3. The topological polar surface area (TPSA) is 9.86 Å². The summed E-state index contributed by atoms with van der Waals surface area (Å²) in [5, 5.41) is 5.07. The van der Waals surface area contributed by atoms with Crippen molar-refractivity contribution < 1.29 is 0 Å². The Morgan fingerprint density at radius 2 is 0.697 bits per heavy atom. The molecule has 2 heterocycles. The molecule has 310 valence electrons. The van der Waals surface area contributed by atoms with E-state index in [0.717, 1.165) is 5.69 Å². The molecule has 2 aromatic heterocycles. The van der Waals surface area contributed by atoms with E-state index in [2.05, 4.69) is 254 Å². The van der Waals surface area contributed by atoms with Crippen LogP contribution >= 0.6 is 0 Å². The molecule has 0 spiro atoms. The van der Waals surface area contributed by atoms with E-state index in [1.165, 1.54) is 116 Å². The van der Waals surface area contributed by atoms with E-state index in [1.54, 1.807) is 0 Å². The molecule has 0 atom stereocenters. The fourth-order valence-electron chi connectivity index (χ4n) is 12.2. The number of nitrogens with zero attached hydrogens (tertiary/aromatic N) is 2. The quantitative estimate of drug-likeness (QED) is 0.163. The van der Waals surface area contributed by atoms with Gasteiger partial charge in [0.15, 0.2) is 0 Å². The molecule has 0 amide bonds. The summed E-state index contributed by atoms with van der Waals surface area (Å²) in [5.74, 6) is 0. The lowest BCUT2D eigenvalue weighted by Gasteiger charge is -2.34. The van der Waals surface area contributed by atoms with Gasteiger partial charge in [0.2, 0.25) is 0 Å². The molecule has 0 radical (unpaired) electrons. The molecule has 0 N–H and O–H groups in total. The first kappa shape index (κ1) is 37.2. The number of benzene rings is 10. The fraction of sp³-hybridized carbons (Fsp3) is 0.0625. The van der Waals surface area contributed by atoms with Crippen molar-refractivity contribution in [2.45, 2.75) is 24.7 Å². The first-order valence-corrected chi connectivity index (χ1v) is 23.2. The molecule has 0 bridgehead atoms. The van der Waals surface area contributed by atoms with E-state index in [-0.39, 0.29) is 5.41 Å². The maximum atomic E-state index is 2.48.